The van der Waals surface area contributed by atoms with Gasteiger partial charge in [0.2, 0.25) is 5.88 Å². The highest BCUT2D eigenvalue weighted by Gasteiger charge is 2.20. The summed E-state index contributed by atoms with van der Waals surface area (Å²) < 4.78 is 13.1. The van der Waals surface area contributed by atoms with Crippen LogP contribution in [0.2, 0.25) is 0 Å². The van der Waals surface area contributed by atoms with Crippen molar-refractivity contribution in [3.05, 3.63) is 41.2 Å². The first-order valence-electron chi connectivity index (χ1n) is 9.92. The molecular weight excluding hydrogens is 350 g/mol. The summed E-state index contributed by atoms with van der Waals surface area (Å²) in [7, 11) is 5.48. The molecule has 3 heterocycles. The van der Waals surface area contributed by atoms with E-state index in [0.29, 0.717) is 24.3 Å². The molecule has 0 aromatic carbocycles. The first-order valence-corrected chi connectivity index (χ1v) is 9.92. The molecule has 1 atom stereocenters. The first-order chi connectivity index (χ1) is 13.4. The maximum Gasteiger partial charge on any atom is 0.222 e. The van der Waals surface area contributed by atoms with E-state index in [1.807, 2.05) is 0 Å². The monoisotopic (exact) mass is 381 g/mol. The Morgan fingerprint density at radius 3 is 2.50 bits per heavy atom. The lowest BCUT2D eigenvalue weighted by Gasteiger charge is -2.15. The quantitative estimate of drug-likeness (QED) is 0.563. The van der Waals surface area contributed by atoms with Crippen LogP contribution in [0.25, 0.3) is 22.3 Å². The van der Waals surface area contributed by atoms with Crippen LogP contribution < -0.4 is 4.74 Å². The van der Waals surface area contributed by atoms with E-state index < -0.39 is 0 Å². The summed E-state index contributed by atoms with van der Waals surface area (Å²) >= 11 is 0. The second-order valence-electron chi connectivity index (χ2n) is 7.73. The summed E-state index contributed by atoms with van der Waals surface area (Å²) in [5.74, 6) is 1.34. The number of fused-ring (bicyclic) bond motifs is 1. The Kier molecular flexibility index (Phi) is 6.04. The Balaban J connectivity index is 2.17. The van der Waals surface area contributed by atoms with Gasteiger partial charge in [0, 0.05) is 37.4 Å². The van der Waals surface area contributed by atoms with Gasteiger partial charge in [0.15, 0.2) is 0 Å². The van der Waals surface area contributed by atoms with Gasteiger partial charge < -0.3 is 14.0 Å². The molecule has 3 aromatic rings. The van der Waals surface area contributed by atoms with Gasteiger partial charge in [0.1, 0.15) is 5.65 Å². The smallest absolute Gasteiger partial charge is 0.222 e. The van der Waals surface area contributed by atoms with E-state index in [2.05, 4.69) is 63.7 Å². The number of aryl methyl sites for hydroxylation is 2. The summed E-state index contributed by atoms with van der Waals surface area (Å²) in [5.41, 5.74) is 6.25. The molecule has 1 unspecified atom stereocenters. The van der Waals surface area contributed by atoms with Gasteiger partial charge >= 0.3 is 0 Å². The Bertz CT molecular complexity index is 976. The molecule has 3 aromatic heterocycles. The minimum atomic E-state index is 0.349. The van der Waals surface area contributed by atoms with Gasteiger partial charge in [-0.15, -0.1) is 0 Å². The number of aromatic nitrogens is 3. The fourth-order valence-corrected chi connectivity index (χ4v) is 3.76. The molecule has 3 rings (SSSR count). The van der Waals surface area contributed by atoms with E-state index in [1.54, 1.807) is 14.2 Å². The van der Waals surface area contributed by atoms with Crippen molar-refractivity contribution in [2.24, 2.45) is 7.05 Å². The molecule has 0 bridgehead atoms. The first kappa shape index (κ1) is 20.3. The average molecular weight is 382 g/mol. The Hall–Kier alpha value is -2.40. The van der Waals surface area contributed by atoms with E-state index in [0.717, 1.165) is 34.6 Å². The SMILES string of the molecule is CCC(COC)c1cn(C)c2nc(-c3ccc(C(C)C)nc3OC)c(C)cc12. The number of nitrogens with zero attached hydrogens (tertiary/aromatic N) is 3. The highest BCUT2D eigenvalue weighted by Crippen LogP contribution is 2.35. The summed E-state index contributed by atoms with van der Waals surface area (Å²) in [6.07, 6.45) is 3.22. The predicted molar refractivity (Wildman–Crippen MR) is 114 cm³/mol. The maximum absolute atomic E-state index is 5.61. The topological polar surface area (TPSA) is 49.2 Å². The second-order valence-corrected chi connectivity index (χ2v) is 7.73. The molecule has 28 heavy (non-hydrogen) atoms. The number of ether oxygens (including phenoxy) is 2. The van der Waals surface area contributed by atoms with Gasteiger partial charge in [-0.3, -0.25) is 0 Å². The third kappa shape index (κ3) is 3.63. The molecule has 0 aliphatic rings. The molecule has 0 saturated carbocycles. The van der Waals surface area contributed by atoms with Crippen molar-refractivity contribution < 1.29 is 9.47 Å². The maximum atomic E-state index is 5.61. The fourth-order valence-electron chi connectivity index (χ4n) is 3.76. The summed E-state index contributed by atoms with van der Waals surface area (Å²) in [6.45, 7) is 9.28. The molecular formula is C23H31N3O2. The molecule has 0 radical (unpaired) electrons. The van der Waals surface area contributed by atoms with Crippen LogP contribution in [0, 0.1) is 6.92 Å². The van der Waals surface area contributed by atoms with Crippen LogP contribution in [0.5, 0.6) is 5.88 Å². The zero-order valence-corrected chi connectivity index (χ0v) is 18.0. The lowest BCUT2D eigenvalue weighted by molar-refractivity contribution is 0.178. The van der Waals surface area contributed by atoms with Crippen molar-refractivity contribution in [2.75, 3.05) is 20.8 Å². The van der Waals surface area contributed by atoms with Crippen LogP contribution >= 0.6 is 0 Å². The minimum Gasteiger partial charge on any atom is -0.480 e. The Morgan fingerprint density at radius 1 is 1.14 bits per heavy atom. The molecule has 0 spiro atoms. The highest BCUT2D eigenvalue weighted by atomic mass is 16.5. The third-order valence-electron chi connectivity index (χ3n) is 5.39. The molecule has 5 heteroatoms. The van der Waals surface area contributed by atoms with Gasteiger partial charge in [-0.2, -0.15) is 0 Å². The second kappa shape index (κ2) is 8.31. The van der Waals surface area contributed by atoms with Crippen molar-refractivity contribution in [2.45, 2.75) is 46.0 Å². The normalized spacial score (nSPS) is 12.7. The van der Waals surface area contributed by atoms with Crippen LogP contribution in [-0.2, 0) is 11.8 Å². The summed E-state index contributed by atoms with van der Waals surface area (Å²) in [6, 6.07) is 6.38. The van der Waals surface area contributed by atoms with Gasteiger partial charge in [-0.25, -0.2) is 9.97 Å². The zero-order chi connectivity index (χ0) is 20.4. The van der Waals surface area contributed by atoms with E-state index in [9.17, 15) is 0 Å². The molecule has 150 valence electrons. The Morgan fingerprint density at radius 2 is 1.89 bits per heavy atom. The molecule has 0 aliphatic heterocycles. The number of hydrogen-bond acceptors (Lipinski definition) is 4. The van der Waals surface area contributed by atoms with Crippen molar-refractivity contribution in [1.29, 1.82) is 0 Å². The molecule has 0 aliphatic carbocycles. The molecule has 0 N–H and O–H groups in total. The zero-order valence-electron chi connectivity index (χ0n) is 18.0. The molecule has 5 nitrogen and oxygen atoms in total. The van der Waals surface area contributed by atoms with Gasteiger partial charge in [-0.05, 0) is 48.6 Å². The third-order valence-corrected chi connectivity index (χ3v) is 5.39. The van der Waals surface area contributed by atoms with Crippen molar-refractivity contribution >= 4 is 11.0 Å². The number of pyridine rings is 2. The van der Waals surface area contributed by atoms with Crippen molar-refractivity contribution in [1.82, 2.24) is 14.5 Å². The van der Waals surface area contributed by atoms with E-state index in [-0.39, 0.29) is 0 Å². The largest absolute Gasteiger partial charge is 0.480 e. The van der Waals surface area contributed by atoms with Gasteiger partial charge in [0.05, 0.1) is 25.0 Å². The Labute approximate surface area is 167 Å². The number of hydrogen-bond donors (Lipinski definition) is 0. The average Bonchev–Trinajstić information content (AvgIpc) is 3.00. The summed E-state index contributed by atoms with van der Waals surface area (Å²) in [5, 5.41) is 1.19. The van der Waals surface area contributed by atoms with Crippen LogP contribution in [0.4, 0.5) is 0 Å². The van der Waals surface area contributed by atoms with Crippen LogP contribution in [0.3, 0.4) is 0 Å². The van der Waals surface area contributed by atoms with Crippen molar-refractivity contribution in [3.8, 4) is 17.1 Å². The molecule has 0 amide bonds. The van der Waals surface area contributed by atoms with E-state index in [1.165, 1.54) is 10.9 Å². The minimum absolute atomic E-state index is 0.349. The molecule has 0 fully saturated rings. The number of rotatable bonds is 7. The lowest BCUT2D eigenvalue weighted by Crippen LogP contribution is -2.04. The fraction of sp³-hybridized carbons (Fsp3) is 0.478. The van der Waals surface area contributed by atoms with Crippen molar-refractivity contribution in [3.63, 3.8) is 0 Å². The predicted octanol–water partition coefficient (Wildman–Crippen LogP) is 5.22. The van der Waals surface area contributed by atoms with Crippen LogP contribution in [-0.4, -0.2) is 35.4 Å². The number of methoxy groups -OCH3 is 2. The molecule has 0 saturated heterocycles. The van der Waals surface area contributed by atoms with Gasteiger partial charge in [0.25, 0.3) is 0 Å². The van der Waals surface area contributed by atoms with Crippen LogP contribution in [0.1, 0.15) is 55.8 Å². The highest BCUT2D eigenvalue weighted by molar-refractivity contribution is 5.86. The van der Waals surface area contributed by atoms with Gasteiger partial charge in [-0.1, -0.05) is 20.8 Å². The van der Waals surface area contributed by atoms with E-state index in [4.69, 9.17) is 19.4 Å². The summed E-state index contributed by atoms with van der Waals surface area (Å²) in [4.78, 5) is 9.72. The lowest BCUT2D eigenvalue weighted by atomic mass is 9.96. The standard InChI is InChI=1S/C23H31N3O2/c1-8-16(13-27-6)19-12-26(5)22-18(19)11-15(4)21(25-22)17-9-10-20(14(2)3)24-23(17)28-7/h9-12,14,16H,8,13H2,1-7H3. The van der Waals surface area contributed by atoms with Crippen LogP contribution in [0.15, 0.2) is 24.4 Å². The van der Waals surface area contributed by atoms with E-state index >= 15 is 0 Å².